The first-order valence-corrected chi connectivity index (χ1v) is 0.962. The van der Waals surface area contributed by atoms with Crippen LogP contribution in [0.25, 0.3) is 0 Å². The third-order valence-electron chi connectivity index (χ3n) is 0.0488. The van der Waals surface area contributed by atoms with Crippen LogP contribution in [0.3, 0.4) is 0 Å². The molecule has 24 valence electrons. The molecule has 0 heterocycles. The predicted octanol–water partition coefficient (Wildman–Crippen LogP) is 0.772. The third-order valence-corrected chi connectivity index (χ3v) is 0.146. The predicted molar refractivity (Wildman–Crippen MR) is 16.5 cm³/mol. The van der Waals surface area contributed by atoms with Crippen LogP contribution in [0.15, 0.2) is 5.16 Å². The molecule has 3 heteroatoms. The Kier molecular flexibility index (Phi) is 2.59. The largest absolute Gasteiger partial charge is 0.278 e. The molecule has 0 unspecified atom stereocenters. The second-order valence-electron chi connectivity index (χ2n) is 0.198. The van der Waals surface area contributed by atoms with E-state index in [-0.39, 0.29) is 0 Å². The minimum atomic E-state index is 2.75. The Morgan fingerprint density at radius 2 is 2.25 bits per heavy atom. The number of nitrogens with zero attached hydrogens (tertiary/aromatic N) is 1. The summed E-state index contributed by atoms with van der Waals surface area (Å²) in [6, 6.07) is 0. The number of hydrogen-bond donors (Lipinski definition) is 0. The molecule has 0 rings (SSSR count). The standard InChI is InChI=1S/CH2ClNO/c1-3-4-2/h1H2. The fraction of sp³-hybridized carbons (Fsp3) is 0. The Bertz CT molecular complexity index is 22.0. The molecule has 0 amide bonds. The van der Waals surface area contributed by atoms with Crippen molar-refractivity contribution in [1.82, 2.24) is 0 Å². The molecule has 2 nitrogen and oxygen atoms in total. The number of oxime groups is 1. The van der Waals surface area contributed by atoms with Gasteiger partial charge in [0.25, 0.3) is 0 Å². The zero-order chi connectivity index (χ0) is 3.41. The molecule has 0 N–H and O–H groups in total. The smallest absolute Gasteiger partial charge is 0.167 e. The molecule has 0 fully saturated rings. The van der Waals surface area contributed by atoms with Gasteiger partial charge in [-0.05, 0) is 0 Å². The number of rotatable bonds is 1. The summed E-state index contributed by atoms with van der Waals surface area (Å²) in [4.78, 5) is 0. The van der Waals surface area contributed by atoms with Gasteiger partial charge in [0.2, 0.25) is 0 Å². The summed E-state index contributed by atoms with van der Waals surface area (Å²) in [5, 5.41) is 2.75. The van der Waals surface area contributed by atoms with Gasteiger partial charge < -0.3 is 0 Å². The molecule has 0 aromatic rings. The Morgan fingerprint density at radius 1 is 2.00 bits per heavy atom. The van der Waals surface area contributed by atoms with E-state index in [0.29, 0.717) is 0 Å². The highest BCUT2D eigenvalue weighted by molar-refractivity contribution is 6.07. The van der Waals surface area contributed by atoms with Gasteiger partial charge in [-0.2, -0.15) is 0 Å². The Hall–Kier alpha value is -0.240. The van der Waals surface area contributed by atoms with Crippen LogP contribution in [0.2, 0.25) is 0 Å². The molecule has 0 aromatic heterocycles. The van der Waals surface area contributed by atoms with E-state index in [9.17, 15) is 0 Å². The van der Waals surface area contributed by atoms with Crippen LogP contribution < -0.4 is 0 Å². The minimum Gasteiger partial charge on any atom is -0.278 e. The SMILES string of the molecule is C=NOCl. The van der Waals surface area contributed by atoms with Crippen LogP contribution in [0.1, 0.15) is 0 Å². The van der Waals surface area contributed by atoms with E-state index in [1.165, 1.54) is 0 Å². The van der Waals surface area contributed by atoms with Crippen molar-refractivity contribution in [2.24, 2.45) is 5.16 Å². The highest BCUT2D eigenvalue weighted by atomic mass is 35.5. The van der Waals surface area contributed by atoms with Crippen molar-refractivity contribution in [3.05, 3.63) is 0 Å². The van der Waals surface area contributed by atoms with E-state index in [1.807, 2.05) is 0 Å². The van der Waals surface area contributed by atoms with Crippen LogP contribution >= 0.6 is 11.9 Å². The fourth-order valence-corrected chi connectivity index (χ4v) is 0. The normalized spacial score (nSPS) is 5.25. The van der Waals surface area contributed by atoms with Crippen molar-refractivity contribution < 1.29 is 4.39 Å². The van der Waals surface area contributed by atoms with Crippen LogP contribution in [0.4, 0.5) is 0 Å². The molecule has 0 atom stereocenters. The first-order chi connectivity index (χ1) is 1.91. The molecule has 0 aliphatic carbocycles. The molecule has 0 saturated carbocycles. The summed E-state index contributed by atoms with van der Waals surface area (Å²) in [7, 11) is 0. The van der Waals surface area contributed by atoms with Crippen molar-refractivity contribution in [2.45, 2.75) is 0 Å². The maximum absolute atomic E-state index is 4.46. The zero-order valence-corrected chi connectivity index (χ0v) is 2.70. The minimum absolute atomic E-state index is 2.75. The number of hydrogen-bond acceptors (Lipinski definition) is 2. The van der Waals surface area contributed by atoms with Gasteiger partial charge in [-0.15, -0.1) is 0 Å². The monoisotopic (exact) mass is 79.0 g/mol. The lowest BCUT2D eigenvalue weighted by Gasteiger charge is -1.63. The first-order valence-electron chi connectivity index (χ1n) is 0.653. The zero-order valence-electron chi connectivity index (χ0n) is 1.94. The van der Waals surface area contributed by atoms with Crippen molar-refractivity contribution in [3.8, 4) is 0 Å². The van der Waals surface area contributed by atoms with Gasteiger partial charge in [-0.1, -0.05) is 5.16 Å². The molecule has 0 aliphatic rings. The maximum atomic E-state index is 4.46. The molecule has 0 spiro atoms. The van der Waals surface area contributed by atoms with E-state index in [1.54, 1.807) is 0 Å². The summed E-state index contributed by atoms with van der Waals surface area (Å²) in [5.74, 6) is 0. The van der Waals surface area contributed by atoms with Gasteiger partial charge in [0.15, 0.2) is 11.9 Å². The maximum Gasteiger partial charge on any atom is 0.167 e. The van der Waals surface area contributed by atoms with Crippen LogP contribution in [0, 0.1) is 0 Å². The summed E-state index contributed by atoms with van der Waals surface area (Å²) >= 11 is 4.46. The molecule has 0 aliphatic heterocycles. The van der Waals surface area contributed by atoms with E-state index in [4.69, 9.17) is 0 Å². The first kappa shape index (κ1) is 3.76. The number of halogens is 1. The molecule has 0 saturated heterocycles. The van der Waals surface area contributed by atoms with Crippen LogP contribution in [-0.2, 0) is 4.39 Å². The van der Waals surface area contributed by atoms with E-state index < -0.39 is 0 Å². The van der Waals surface area contributed by atoms with Crippen molar-refractivity contribution >= 4 is 18.6 Å². The van der Waals surface area contributed by atoms with E-state index in [2.05, 4.69) is 28.1 Å². The van der Waals surface area contributed by atoms with Crippen molar-refractivity contribution in [2.75, 3.05) is 0 Å². The average molecular weight is 79.5 g/mol. The third kappa shape index (κ3) is 1.76. The van der Waals surface area contributed by atoms with Gasteiger partial charge in [-0.3, -0.25) is 4.39 Å². The van der Waals surface area contributed by atoms with Gasteiger partial charge >= 0.3 is 0 Å². The van der Waals surface area contributed by atoms with Crippen LogP contribution in [0.5, 0.6) is 0 Å². The van der Waals surface area contributed by atoms with Gasteiger partial charge in [0.05, 0.1) is 0 Å². The summed E-state index contributed by atoms with van der Waals surface area (Å²) < 4.78 is 3.53. The highest BCUT2D eigenvalue weighted by Gasteiger charge is 1.41. The average Bonchev–Trinajstić information content (AvgIpc) is 1.37. The van der Waals surface area contributed by atoms with Gasteiger partial charge in [0, 0.05) is 6.72 Å². The lowest BCUT2D eigenvalue weighted by molar-refractivity contribution is 0.385. The van der Waals surface area contributed by atoms with Crippen molar-refractivity contribution in [1.29, 1.82) is 0 Å². The Morgan fingerprint density at radius 3 is 2.25 bits per heavy atom. The molecular formula is CH2ClNO. The molecule has 0 bridgehead atoms. The quantitative estimate of drug-likeness (QED) is 0.336. The molecular weight excluding hydrogens is 77.5 g/mol. The summed E-state index contributed by atoms with van der Waals surface area (Å²) in [5.41, 5.74) is 0. The second kappa shape index (κ2) is 2.76. The second-order valence-corrected chi connectivity index (χ2v) is 0.336. The summed E-state index contributed by atoms with van der Waals surface area (Å²) in [6.45, 7) is 2.88. The highest BCUT2D eigenvalue weighted by Crippen LogP contribution is 1.71. The Balaban J connectivity index is 2.30. The van der Waals surface area contributed by atoms with Crippen LogP contribution in [-0.4, -0.2) is 6.72 Å². The molecule has 0 aromatic carbocycles. The lowest BCUT2D eigenvalue weighted by atomic mass is 11.8. The van der Waals surface area contributed by atoms with Gasteiger partial charge in [-0.25, -0.2) is 0 Å². The van der Waals surface area contributed by atoms with Gasteiger partial charge in [0.1, 0.15) is 0 Å². The molecule has 4 heavy (non-hydrogen) atoms. The van der Waals surface area contributed by atoms with E-state index in [0.717, 1.165) is 0 Å². The Labute approximate surface area is 29.2 Å². The molecule has 0 radical (unpaired) electrons. The van der Waals surface area contributed by atoms with Crippen molar-refractivity contribution in [3.63, 3.8) is 0 Å². The lowest BCUT2D eigenvalue weighted by Crippen LogP contribution is -1.41. The fourth-order valence-electron chi connectivity index (χ4n) is 0. The topological polar surface area (TPSA) is 21.6 Å². The summed E-state index contributed by atoms with van der Waals surface area (Å²) in [6.07, 6.45) is 0. The van der Waals surface area contributed by atoms with E-state index >= 15 is 0 Å².